The van der Waals surface area contributed by atoms with Crippen molar-refractivity contribution < 1.29 is 23.7 Å². The highest BCUT2D eigenvalue weighted by molar-refractivity contribution is 8.05. The minimum atomic E-state index is -0.517. The first-order valence-corrected chi connectivity index (χ1v) is 21.6. The van der Waals surface area contributed by atoms with Crippen LogP contribution in [0, 0.1) is 12.8 Å². The number of piperidine rings is 1. The van der Waals surface area contributed by atoms with Gasteiger partial charge in [-0.2, -0.15) is 0 Å². The number of anilines is 2. The van der Waals surface area contributed by atoms with E-state index < -0.39 is 5.60 Å². The maximum absolute atomic E-state index is 12.9. The number of ether oxygens (including phenoxy) is 4. The molecule has 58 heavy (non-hydrogen) atoms. The third kappa shape index (κ3) is 9.51. The summed E-state index contributed by atoms with van der Waals surface area (Å²) < 4.78 is 23.1. The van der Waals surface area contributed by atoms with E-state index in [-0.39, 0.29) is 12.1 Å². The van der Waals surface area contributed by atoms with E-state index in [4.69, 9.17) is 28.9 Å². The predicted molar refractivity (Wildman–Crippen MR) is 231 cm³/mol. The molecular formula is C46H51N5O5S2. The summed E-state index contributed by atoms with van der Waals surface area (Å²) in [6, 6.07) is 29.6. The van der Waals surface area contributed by atoms with Gasteiger partial charge in [0.15, 0.2) is 0 Å². The lowest BCUT2D eigenvalue weighted by Gasteiger charge is -2.37. The second-order valence-electron chi connectivity index (χ2n) is 16.0. The molecule has 0 spiro atoms. The zero-order valence-corrected chi connectivity index (χ0v) is 35.5. The van der Waals surface area contributed by atoms with Crippen LogP contribution in [0.3, 0.4) is 0 Å². The number of aryl methyl sites for hydroxylation is 1. The van der Waals surface area contributed by atoms with Crippen molar-refractivity contribution in [1.82, 2.24) is 14.9 Å². The maximum Gasteiger partial charge on any atom is 0.410 e. The third-order valence-corrected chi connectivity index (χ3v) is 13.2. The van der Waals surface area contributed by atoms with Crippen LogP contribution >= 0.6 is 23.5 Å². The number of pyridine rings is 2. The van der Waals surface area contributed by atoms with Crippen molar-refractivity contribution in [3.63, 3.8) is 0 Å². The molecule has 5 heterocycles. The number of nitrogens with zero attached hydrogens (tertiary/aromatic N) is 4. The topological polar surface area (TPSA) is 98.3 Å². The third-order valence-electron chi connectivity index (χ3n) is 10.6. The molecule has 10 nitrogen and oxygen atoms in total. The van der Waals surface area contributed by atoms with Gasteiger partial charge in [0.2, 0.25) is 5.88 Å². The summed E-state index contributed by atoms with van der Waals surface area (Å²) >= 11 is 3.58. The van der Waals surface area contributed by atoms with Gasteiger partial charge in [0, 0.05) is 75.0 Å². The average Bonchev–Trinajstić information content (AvgIpc) is 3.24. The van der Waals surface area contributed by atoms with Crippen LogP contribution in [0.15, 0.2) is 111 Å². The first-order chi connectivity index (χ1) is 28.1. The summed E-state index contributed by atoms with van der Waals surface area (Å²) in [5.41, 5.74) is 6.75. The molecule has 1 amide bonds. The predicted octanol–water partition coefficient (Wildman–Crippen LogP) is 10.3. The Kier molecular flexibility index (Phi) is 12.1. The van der Waals surface area contributed by atoms with Gasteiger partial charge in [-0.1, -0.05) is 53.9 Å². The van der Waals surface area contributed by atoms with E-state index in [0.29, 0.717) is 44.7 Å². The summed E-state index contributed by atoms with van der Waals surface area (Å²) in [4.78, 5) is 31.8. The van der Waals surface area contributed by atoms with E-state index in [1.807, 2.05) is 62.2 Å². The molecule has 8 rings (SSSR count). The Bertz CT molecular complexity index is 2220. The van der Waals surface area contributed by atoms with Crippen LogP contribution in [-0.4, -0.2) is 73.1 Å². The number of nitrogens with one attached hydrogen (secondary N) is 1. The Morgan fingerprint density at radius 3 is 2.43 bits per heavy atom. The smallest absolute Gasteiger partial charge is 0.410 e. The lowest BCUT2D eigenvalue weighted by Crippen LogP contribution is -2.43. The van der Waals surface area contributed by atoms with Gasteiger partial charge in [-0.05, 0) is 106 Å². The number of amides is 1. The molecule has 1 atom stereocenters. The van der Waals surface area contributed by atoms with Gasteiger partial charge >= 0.3 is 6.09 Å². The quantitative estimate of drug-likeness (QED) is 0.143. The molecular weight excluding hydrogens is 767 g/mol. The largest absolute Gasteiger partial charge is 0.497 e. The van der Waals surface area contributed by atoms with Crippen LogP contribution in [0.4, 0.5) is 16.2 Å². The SMILES string of the molecule is COc1ccc(COc2cc(N3CCOCC3)cc(-c3cccc4c3Sc3ccc(NC(c5ccc(C)cn5)C5CCN(C(=O)OC(C)(C)C)CC5)cc3S4)n2)cc1. The molecule has 3 aliphatic rings. The van der Waals surface area contributed by atoms with Crippen molar-refractivity contribution in [3.05, 3.63) is 108 Å². The van der Waals surface area contributed by atoms with Crippen LogP contribution in [0.2, 0.25) is 0 Å². The molecule has 0 saturated carbocycles. The maximum atomic E-state index is 12.9. The Labute approximate surface area is 350 Å². The Hall–Kier alpha value is -4.91. The second kappa shape index (κ2) is 17.5. The number of hydrogen-bond acceptors (Lipinski definition) is 11. The van der Waals surface area contributed by atoms with Gasteiger partial charge in [0.1, 0.15) is 18.0 Å². The summed E-state index contributed by atoms with van der Waals surface area (Å²) in [5.74, 6) is 1.70. The number of morpholine rings is 1. The van der Waals surface area contributed by atoms with E-state index in [0.717, 1.165) is 71.1 Å². The fourth-order valence-corrected chi connectivity index (χ4v) is 9.91. The van der Waals surface area contributed by atoms with Gasteiger partial charge in [-0.25, -0.2) is 9.78 Å². The fraction of sp³-hybridized carbons (Fsp3) is 0.370. The molecule has 0 bridgehead atoms. The molecule has 12 heteroatoms. The van der Waals surface area contributed by atoms with Gasteiger partial charge < -0.3 is 34.1 Å². The van der Waals surface area contributed by atoms with E-state index in [1.165, 1.54) is 19.6 Å². The molecule has 5 aromatic rings. The number of rotatable bonds is 10. The number of aromatic nitrogens is 2. The highest BCUT2D eigenvalue weighted by Gasteiger charge is 2.33. The summed E-state index contributed by atoms with van der Waals surface area (Å²) in [5, 5.41) is 3.89. The van der Waals surface area contributed by atoms with Gasteiger partial charge in [-0.15, -0.1) is 0 Å². The van der Waals surface area contributed by atoms with Gasteiger partial charge in [-0.3, -0.25) is 4.98 Å². The van der Waals surface area contributed by atoms with Crippen molar-refractivity contribution in [3.8, 4) is 22.9 Å². The fourth-order valence-electron chi connectivity index (χ4n) is 7.50. The highest BCUT2D eigenvalue weighted by Crippen LogP contribution is 2.52. The van der Waals surface area contributed by atoms with E-state index in [9.17, 15) is 4.79 Å². The highest BCUT2D eigenvalue weighted by atomic mass is 32.2. The van der Waals surface area contributed by atoms with Crippen molar-refractivity contribution in [1.29, 1.82) is 0 Å². The first kappa shape index (κ1) is 39.9. The normalized spacial score (nSPS) is 16.2. The van der Waals surface area contributed by atoms with Crippen LogP contribution in [0.1, 0.15) is 56.5 Å². The Morgan fingerprint density at radius 1 is 0.914 bits per heavy atom. The standard InChI is InChI=1S/C46H51N5O5S2/c1-30-9-15-37(47-28-30)43(32-17-19-51(20-18-32)45(52)56-46(2,3)4)48-33-12-16-39-41(25-33)57-40-8-6-7-36(44(40)58-39)38-26-34(50-21-23-54-24-22-50)27-42(49-38)55-29-31-10-13-35(53-5)14-11-31/h6-16,25-28,32,43,48H,17-24,29H2,1-5H3. The molecule has 1 N–H and O–H groups in total. The van der Waals surface area contributed by atoms with Crippen molar-refractivity contribution in [2.75, 3.05) is 56.7 Å². The van der Waals surface area contributed by atoms with Crippen LogP contribution < -0.4 is 19.7 Å². The number of carbonyl (C=O) groups is 1. The van der Waals surface area contributed by atoms with Crippen LogP contribution in [-0.2, 0) is 16.1 Å². The summed E-state index contributed by atoms with van der Waals surface area (Å²) in [7, 11) is 1.67. The Balaban J connectivity index is 1.03. The second-order valence-corrected chi connectivity index (χ2v) is 18.1. The van der Waals surface area contributed by atoms with E-state index in [2.05, 4.69) is 71.7 Å². The Morgan fingerprint density at radius 2 is 1.71 bits per heavy atom. The molecule has 3 aliphatic heterocycles. The summed E-state index contributed by atoms with van der Waals surface area (Å²) in [6.07, 6.45) is 3.41. The molecule has 3 aromatic carbocycles. The first-order valence-electron chi connectivity index (χ1n) is 20.0. The number of carbonyl (C=O) groups excluding carboxylic acids is 1. The number of hydrogen-bond donors (Lipinski definition) is 1. The monoisotopic (exact) mass is 817 g/mol. The van der Waals surface area contributed by atoms with Gasteiger partial charge in [0.05, 0.1) is 37.8 Å². The van der Waals surface area contributed by atoms with E-state index >= 15 is 0 Å². The number of likely N-dealkylation sites (tertiary alicyclic amines) is 1. The minimum Gasteiger partial charge on any atom is -0.497 e. The molecule has 302 valence electrons. The number of benzene rings is 3. The molecule has 0 aliphatic carbocycles. The number of fused-ring (bicyclic) bond motifs is 2. The van der Waals surface area contributed by atoms with Crippen LogP contribution in [0.5, 0.6) is 11.6 Å². The minimum absolute atomic E-state index is 0.00878. The lowest BCUT2D eigenvalue weighted by molar-refractivity contribution is 0.0176. The zero-order valence-electron chi connectivity index (χ0n) is 33.8. The summed E-state index contributed by atoms with van der Waals surface area (Å²) in [6.45, 7) is 12.5. The van der Waals surface area contributed by atoms with Crippen molar-refractivity contribution in [2.24, 2.45) is 5.92 Å². The molecule has 1 unspecified atom stereocenters. The van der Waals surface area contributed by atoms with Gasteiger partial charge in [0.25, 0.3) is 0 Å². The van der Waals surface area contributed by atoms with Crippen molar-refractivity contribution >= 4 is 41.0 Å². The molecule has 0 radical (unpaired) electrons. The zero-order chi connectivity index (χ0) is 40.2. The van der Waals surface area contributed by atoms with E-state index in [1.54, 1.807) is 30.6 Å². The average molecular weight is 818 g/mol. The lowest BCUT2D eigenvalue weighted by atomic mass is 9.87. The van der Waals surface area contributed by atoms with Crippen molar-refractivity contribution in [2.45, 2.75) is 78.4 Å². The molecule has 2 aromatic heterocycles. The molecule has 2 saturated heterocycles. The number of methoxy groups -OCH3 is 1. The van der Waals surface area contributed by atoms with Crippen LogP contribution in [0.25, 0.3) is 11.3 Å². The molecule has 2 fully saturated rings.